The van der Waals surface area contributed by atoms with Crippen LogP contribution in [-0.4, -0.2) is 40.4 Å². The Morgan fingerprint density at radius 3 is 2.25 bits per heavy atom. The highest BCUT2D eigenvalue weighted by atomic mass is 19.4. The highest BCUT2D eigenvalue weighted by Crippen LogP contribution is 2.53. The average molecular weight is 562 g/mol. The third-order valence-electron chi connectivity index (χ3n) is 6.44. The van der Waals surface area contributed by atoms with Crippen LogP contribution in [0.4, 0.5) is 18.9 Å². The third kappa shape index (κ3) is 7.25. The van der Waals surface area contributed by atoms with Gasteiger partial charge in [0.15, 0.2) is 5.69 Å². The van der Waals surface area contributed by atoms with Gasteiger partial charge in [0.2, 0.25) is 11.8 Å². The van der Waals surface area contributed by atoms with Crippen LogP contribution in [0.1, 0.15) is 66.7 Å². The number of benzene rings is 1. The van der Waals surface area contributed by atoms with Gasteiger partial charge in [-0.25, -0.2) is 9.67 Å². The molecule has 1 saturated carbocycles. The van der Waals surface area contributed by atoms with Gasteiger partial charge in [0.1, 0.15) is 13.6 Å². The topological polar surface area (TPSA) is 129 Å². The van der Waals surface area contributed by atoms with Gasteiger partial charge in [0, 0.05) is 35.5 Å². The van der Waals surface area contributed by atoms with E-state index in [-0.39, 0.29) is 30.4 Å². The number of hydrogen-bond donors (Lipinski definition) is 2. The Kier molecular flexibility index (Phi) is 10.6. The second-order valence-corrected chi connectivity index (χ2v) is 10.1. The minimum absolute atomic E-state index is 0.0831. The summed E-state index contributed by atoms with van der Waals surface area (Å²) in [6, 6.07) is 10.4. The molecule has 216 valence electrons. The lowest BCUT2D eigenvalue weighted by molar-refractivity contribution is -0.201. The van der Waals surface area contributed by atoms with Crippen molar-refractivity contribution in [2.75, 3.05) is 5.73 Å². The van der Waals surface area contributed by atoms with Crippen molar-refractivity contribution in [3.63, 3.8) is 0 Å². The molecule has 3 N–H and O–H groups in total. The van der Waals surface area contributed by atoms with Gasteiger partial charge in [-0.05, 0) is 64.3 Å². The van der Waals surface area contributed by atoms with Gasteiger partial charge in [0.25, 0.3) is 5.91 Å². The van der Waals surface area contributed by atoms with E-state index in [9.17, 15) is 18.0 Å². The zero-order valence-electron chi connectivity index (χ0n) is 22.9. The first kappa shape index (κ1) is 32.0. The molecule has 1 aliphatic carbocycles. The highest BCUT2D eigenvalue weighted by molar-refractivity contribution is 5.94. The predicted octanol–water partition coefficient (Wildman–Crippen LogP) is 5.33. The Morgan fingerprint density at radius 1 is 1.10 bits per heavy atom. The van der Waals surface area contributed by atoms with E-state index < -0.39 is 29.5 Å². The van der Waals surface area contributed by atoms with E-state index in [1.165, 1.54) is 6.20 Å². The average Bonchev–Trinajstić information content (AvgIpc) is 3.22. The second kappa shape index (κ2) is 13.2. The van der Waals surface area contributed by atoms with Crippen LogP contribution in [0.5, 0.6) is 11.8 Å². The first-order valence-corrected chi connectivity index (χ1v) is 12.4. The van der Waals surface area contributed by atoms with E-state index in [1.807, 2.05) is 46.5 Å². The minimum Gasteiger partial charge on any atom is -0.420 e. The van der Waals surface area contributed by atoms with Gasteiger partial charge >= 0.3 is 6.18 Å². The van der Waals surface area contributed by atoms with E-state index in [2.05, 4.69) is 15.4 Å². The zero-order valence-corrected chi connectivity index (χ0v) is 22.9. The number of carbonyl (C=O) groups excluding carboxylic acids is 3. The molecule has 1 aromatic carbocycles. The summed E-state index contributed by atoms with van der Waals surface area (Å²) in [5.74, 6) is -2.17. The van der Waals surface area contributed by atoms with Gasteiger partial charge < -0.3 is 25.4 Å². The van der Waals surface area contributed by atoms with Crippen LogP contribution in [0.3, 0.4) is 0 Å². The molecule has 9 nitrogen and oxygen atoms in total. The van der Waals surface area contributed by atoms with Gasteiger partial charge in [-0.1, -0.05) is 18.2 Å². The number of pyridine rings is 1. The molecule has 3 aromatic rings. The van der Waals surface area contributed by atoms with E-state index in [1.54, 1.807) is 35.9 Å². The normalized spacial score (nSPS) is 16.4. The number of aromatic nitrogens is 3. The predicted molar refractivity (Wildman–Crippen MR) is 144 cm³/mol. The Balaban J connectivity index is 0.00000134. The molecule has 2 atom stereocenters. The van der Waals surface area contributed by atoms with E-state index in [0.29, 0.717) is 23.2 Å². The standard InChI is InChI=1S/C26H30F3N5O2.2CH2O/c1-15-21(22(35)32-14-16-7-9-17(30)10-8-16)33-34(25(2,3)4)24(15)36-23-19(6-5-13-31-23)18-11-12-20(18)26(27,28)29;2*1-2/h5-10,13,18,20H,11-12,14,30H2,1-4H3,(H,32,35);2*1H2. The number of nitrogens with zero attached hydrogens (tertiary/aromatic N) is 3. The Bertz CT molecular complexity index is 1280. The number of nitrogen functional groups attached to an aromatic ring is 1. The number of rotatable bonds is 6. The first-order chi connectivity index (χ1) is 18.9. The summed E-state index contributed by atoms with van der Waals surface area (Å²) in [5, 5.41) is 7.37. The number of carbonyl (C=O) groups is 3. The molecule has 1 fully saturated rings. The highest BCUT2D eigenvalue weighted by Gasteiger charge is 2.51. The van der Waals surface area contributed by atoms with Crippen LogP contribution in [0.2, 0.25) is 0 Å². The molecule has 0 aliphatic heterocycles. The molecule has 1 amide bonds. The Labute approximate surface area is 230 Å². The fraction of sp³-hybridized carbons (Fsp3) is 0.393. The van der Waals surface area contributed by atoms with Crippen LogP contribution in [0.15, 0.2) is 42.6 Å². The number of nitrogens with one attached hydrogen (secondary N) is 1. The molecule has 2 aromatic heterocycles. The van der Waals surface area contributed by atoms with Crippen molar-refractivity contribution < 1.29 is 32.3 Å². The van der Waals surface area contributed by atoms with Crippen molar-refractivity contribution in [3.05, 3.63) is 65.0 Å². The molecular formula is C28H34F3N5O4. The zero-order chi connectivity index (χ0) is 30.3. The lowest BCUT2D eigenvalue weighted by Crippen LogP contribution is -2.36. The van der Waals surface area contributed by atoms with Crippen LogP contribution in [0.25, 0.3) is 0 Å². The van der Waals surface area contributed by atoms with Gasteiger partial charge in [-0.3, -0.25) is 4.79 Å². The summed E-state index contributed by atoms with van der Waals surface area (Å²) in [6.45, 7) is 11.7. The fourth-order valence-corrected chi connectivity index (χ4v) is 4.30. The third-order valence-corrected chi connectivity index (χ3v) is 6.44. The molecule has 12 heteroatoms. The van der Waals surface area contributed by atoms with Gasteiger partial charge in [-0.2, -0.15) is 18.3 Å². The maximum atomic E-state index is 13.5. The van der Waals surface area contributed by atoms with Gasteiger partial charge in [0.05, 0.1) is 11.5 Å². The quantitative estimate of drug-likeness (QED) is 0.389. The molecule has 1 aliphatic rings. The number of hydrogen-bond acceptors (Lipinski definition) is 7. The van der Waals surface area contributed by atoms with Crippen molar-refractivity contribution in [2.24, 2.45) is 5.92 Å². The van der Waals surface area contributed by atoms with E-state index in [0.717, 1.165) is 5.56 Å². The van der Waals surface area contributed by atoms with Crippen molar-refractivity contribution >= 4 is 25.2 Å². The SMILES string of the molecule is C=O.C=O.Cc1c(C(=O)NCc2ccc(N)cc2)nn(C(C)(C)C)c1Oc1ncccc1C1CCC1C(F)(F)F. The van der Waals surface area contributed by atoms with Crippen LogP contribution in [0, 0.1) is 12.8 Å². The van der Waals surface area contributed by atoms with Crippen molar-refractivity contribution in [1.29, 1.82) is 0 Å². The molecule has 0 radical (unpaired) electrons. The van der Waals surface area contributed by atoms with Crippen LogP contribution in [-0.2, 0) is 21.7 Å². The number of halogens is 3. The van der Waals surface area contributed by atoms with Crippen LogP contribution < -0.4 is 15.8 Å². The smallest absolute Gasteiger partial charge is 0.392 e. The Morgan fingerprint density at radius 2 is 1.73 bits per heavy atom. The molecule has 4 rings (SSSR count). The summed E-state index contributed by atoms with van der Waals surface area (Å²) < 4.78 is 48.1. The van der Waals surface area contributed by atoms with Crippen molar-refractivity contribution in [1.82, 2.24) is 20.1 Å². The Hall–Kier alpha value is -4.22. The number of alkyl halides is 3. The number of anilines is 1. The fourth-order valence-electron chi connectivity index (χ4n) is 4.30. The summed E-state index contributed by atoms with van der Waals surface area (Å²) in [4.78, 5) is 33.3. The molecule has 0 bridgehead atoms. The van der Waals surface area contributed by atoms with Crippen molar-refractivity contribution in [3.8, 4) is 11.8 Å². The minimum atomic E-state index is -4.28. The van der Waals surface area contributed by atoms with E-state index in [4.69, 9.17) is 20.1 Å². The number of amides is 1. The number of ether oxygens (including phenoxy) is 1. The molecule has 2 heterocycles. The maximum Gasteiger partial charge on any atom is 0.392 e. The summed E-state index contributed by atoms with van der Waals surface area (Å²) in [5.41, 5.74) is 7.69. The lowest BCUT2D eigenvalue weighted by Gasteiger charge is -2.38. The summed E-state index contributed by atoms with van der Waals surface area (Å²) in [6.07, 6.45) is -2.31. The largest absolute Gasteiger partial charge is 0.420 e. The molecule has 40 heavy (non-hydrogen) atoms. The molecular weight excluding hydrogens is 527 g/mol. The maximum absolute atomic E-state index is 13.5. The second-order valence-electron chi connectivity index (χ2n) is 10.1. The summed E-state index contributed by atoms with van der Waals surface area (Å²) >= 11 is 0. The van der Waals surface area contributed by atoms with Gasteiger partial charge in [-0.15, -0.1) is 0 Å². The monoisotopic (exact) mass is 561 g/mol. The molecule has 0 spiro atoms. The van der Waals surface area contributed by atoms with Crippen LogP contribution >= 0.6 is 0 Å². The van der Waals surface area contributed by atoms with Crippen molar-refractivity contribution in [2.45, 2.75) is 64.7 Å². The summed E-state index contributed by atoms with van der Waals surface area (Å²) in [7, 11) is 0. The molecule has 2 unspecified atom stereocenters. The number of nitrogens with two attached hydrogens (primary N) is 1. The first-order valence-electron chi connectivity index (χ1n) is 12.4. The molecule has 0 saturated heterocycles. The van der Waals surface area contributed by atoms with E-state index >= 15 is 0 Å². The lowest BCUT2D eigenvalue weighted by atomic mass is 9.70.